The normalized spacial score (nSPS) is 11.7. The van der Waals surface area contributed by atoms with Crippen molar-refractivity contribution >= 4 is 23.5 Å². The standard InChI is InChI=1S/C22H22ClFN4O3/c1-2-15(13-29)31-21-9-20(17(23)12-27-21)28-8-7-19(16(10-25)22(28)30)26-11-14-5-3-4-6-18(14)24/h3-10,12,15,25-26,29H,2,11,13H2,1H3/t15-/m0/s1. The van der Waals surface area contributed by atoms with Gasteiger partial charge in [-0.3, -0.25) is 9.36 Å². The van der Waals surface area contributed by atoms with Gasteiger partial charge in [0.15, 0.2) is 0 Å². The monoisotopic (exact) mass is 444 g/mol. The molecule has 0 bridgehead atoms. The van der Waals surface area contributed by atoms with Crippen LogP contribution in [0.15, 0.2) is 53.6 Å². The Balaban J connectivity index is 1.94. The summed E-state index contributed by atoms with van der Waals surface area (Å²) in [5, 5.41) is 20.3. The van der Waals surface area contributed by atoms with Crippen molar-refractivity contribution in [2.24, 2.45) is 0 Å². The lowest BCUT2D eigenvalue weighted by Crippen LogP contribution is -2.24. The SMILES string of the molecule is CC[C@@H](CO)Oc1cc(-n2ccc(NCc3ccccc3F)c(C=N)c2=O)c(Cl)cn1. The van der Waals surface area contributed by atoms with Gasteiger partial charge < -0.3 is 20.6 Å². The summed E-state index contributed by atoms with van der Waals surface area (Å²) in [6.45, 7) is 1.85. The summed E-state index contributed by atoms with van der Waals surface area (Å²) in [6, 6.07) is 9.44. The molecule has 0 fully saturated rings. The van der Waals surface area contributed by atoms with Crippen molar-refractivity contribution in [3.8, 4) is 11.6 Å². The van der Waals surface area contributed by atoms with Crippen molar-refractivity contribution in [1.82, 2.24) is 9.55 Å². The molecule has 0 unspecified atom stereocenters. The number of hydrogen-bond donors (Lipinski definition) is 3. The van der Waals surface area contributed by atoms with Crippen molar-refractivity contribution in [2.45, 2.75) is 26.0 Å². The van der Waals surface area contributed by atoms with E-state index in [2.05, 4.69) is 10.3 Å². The van der Waals surface area contributed by atoms with Gasteiger partial charge >= 0.3 is 0 Å². The quantitative estimate of drug-likeness (QED) is 0.436. The highest BCUT2D eigenvalue weighted by Gasteiger charge is 2.15. The highest BCUT2D eigenvalue weighted by Crippen LogP contribution is 2.24. The molecule has 0 amide bonds. The highest BCUT2D eigenvalue weighted by atomic mass is 35.5. The van der Waals surface area contributed by atoms with E-state index in [-0.39, 0.29) is 35.4 Å². The number of benzene rings is 1. The molecular weight excluding hydrogens is 423 g/mol. The van der Waals surface area contributed by atoms with E-state index in [1.807, 2.05) is 6.92 Å². The predicted molar refractivity (Wildman–Crippen MR) is 118 cm³/mol. The van der Waals surface area contributed by atoms with Crippen LogP contribution in [0, 0.1) is 11.2 Å². The van der Waals surface area contributed by atoms with Crippen LogP contribution in [0.1, 0.15) is 24.5 Å². The minimum Gasteiger partial charge on any atom is -0.472 e. The molecule has 162 valence electrons. The smallest absolute Gasteiger partial charge is 0.266 e. The van der Waals surface area contributed by atoms with Crippen LogP contribution in [-0.4, -0.2) is 33.6 Å². The average Bonchev–Trinajstić information content (AvgIpc) is 2.78. The van der Waals surface area contributed by atoms with Crippen molar-refractivity contribution in [1.29, 1.82) is 5.41 Å². The number of aliphatic hydroxyl groups is 1. The molecule has 0 saturated carbocycles. The Bertz CT molecular complexity index is 1130. The molecule has 0 aliphatic rings. The third-order valence-corrected chi connectivity index (χ3v) is 5.01. The molecule has 31 heavy (non-hydrogen) atoms. The van der Waals surface area contributed by atoms with Crippen LogP contribution < -0.4 is 15.6 Å². The van der Waals surface area contributed by atoms with E-state index in [1.165, 1.54) is 29.1 Å². The second kappa shape index (κ2) is 10.2. The number of nitrogens with one attached hydrogen (secondary N) is 2. The topological polar surface area (TPSA) is 100 Å². The first-order chi connectivity index (χ1) is 15.0. The summed E-state index contributed by atoms with van der Waals surface area (Å²) in [5.41, 5.74) is 0.773. The Kier molecular flexibility index (Phi) is 7.38. The van der Waals surface area contributed by atoms with Crippen LogP contribution in [0.25, 0.3) is 5.69 Å². The molecule has 9 heteroatoms. The number of aliphatic hydroxyl groups excluding tert-OH is 1. The minimum absolute atomic E-state index is 0.0935. The molecule has 2 aromatic heterocycles. The lowest BCUT2D eigenvalue weighted by Gasteiger charge is -2.16. The minimum atomic E-state index is -0.484. The Morgan fingerprint density at radius 2 is 2.16 bits per heavy atom. The first kappa shape index (κ1) is 22.5. The summed E-state index contributed by atoms with van der Waals surface area (Å²) < 4.78 is 20.8. The largest absolute Gasteiger partial charge is 0.472 e. The summed E-state index contributed by atoms with van der Waals surface area (Å²) in [7, 11) is 0. The fourth-order valence-electron chi connectivity index (χ4n) is 2.95. The maximum absolute atomic E-state index is 13.9. The fraction of sp³-hybridized carbons (Fsp3) is 0.227. The molecule has 3 aromatic rings. The van der Waals surface area contributed by atoms with Gasteiger partial charge in [-0.25, -0.2) is 9.37 Å². The summed E-state index contributed by atoms with van der Waals surface area (Å²) in [6.07, 6.45) is 3.95. The Hall–Kier alpha value is -3.23. The second-order valence-corrected chi connectivity index (χ2v) is 7.12. The molecule has 0 spiro atoms. The fourth-order valence-corrected chi connectivity index (χ4v) is 3.14. The van der Waals surface area contributed by atoms with Crippen LogP contribution in [0.3, 0.4) is 0 Å². The van der Waals surface area contributed by atoms with E-state index in [1.54, 1.807) is 24.3 Å². The summed E-state index contributed by atoms with van der Waals surface area (Å²) in [5.74, 6) is -0.144. The van der Waals surface area contributed by atoms with Crippen molar-refractivity contribution in [2.75, 3.05) is 11.9 Å². The van der Waals surface area contributed by atoms with Crippen LogP contribution in [0.4, 0.5) is 10.1 Å². The molecule has 0 radical (unpaired) electrons. The number of pyridine rings is 2. The van der Waals surface area contributed by atoms with Gasteiger partial charge in [0.25, 0.3) is 5.56 Å². The van der Waals surface area contributed by atoms with Gasteiger partial charge in [0.1, 0.15) is 11.9 Å². The number of halogens is 2. The van der Waals surface area contributed by atoms with Crippen LogP contribution in [0.5, 0.6) is 5.88 Å². The molecule has 1 aromatic carbocycles. The van der Waals surface area contributed by atoms with E-state index in [9.17, 15) is 14.3 Å². The number of rotatable bonds is 9. The average molecular weight is 445 g/mol. The Morgan fingerprint density at radius 3 is 2.84 bits per heavy atom. The van der Waals surface area contributed by atoms with Gasteiger partial charge in [0.05, 0.1) is 34.8 Å². The van der Waals surface area contributed by atoms with Crippen LogP contribution in [0.2, 0.25) is 5.02 Å². The second-order valence-electron chi connectivity index (χ2n) is 6.71. The first-order valence-electron chi connectivity index (χ1n) is 9.65. The summed E-state index contributed by atoms with van der Waals surface area (Å²) in [4.78, 5) is 17.1. The number of ether oxygens (including phenoxy) is 1. The van der Waals surface area contributed by atoms with Gasteiger partial charge in [-0.1, -0.05) is 36.7 Å². The molecular formula is C22H22ClFN4O3. The lowest BCUT2D eigenvalue weighted by atomic mass is 10.2. The van der Waals surface area contributed by atoms with Gasteiger partial charge in [-0.2, -0.15) is 0 Å². The van der Waals surface area contributed by atoms with Gasteiger partial charge in [0, 0.05) is 30.6 Å². The highest BCUT2D eigenvalue weighted by molar-refractivity contribution is 6.32. The first-order valence-corrected chi connectivity index (χ1v) is 10.0. The number of aromatic nitrogens is 2. The zero-order valence-corrected chi connectivity index (χ0v) is 17.6. The maximum Gasteiger partial charge on any atom is 0.266 e. The predicted octanol–water partition coefficient (Wildman–Crippen LogP) is 3.78. The number of anilines is 1. The summed E-state index contributed by atoms with van der Waals surface area (Å²) >= 11 is 6.26. The molecule has 7 nitrogen and oxygen atoms in total. The molecule has 3 rings (SSSR count). The Labute approximate surface area is 183 Å². The van der Waals surface area contributed by atoms with Crippen molar-refractivity contribution in [3.05, 3.63) is 81.1 Å². The van der Waals surface area contributed by atoms with Crippen LogP contribution >= 0.6 is 11.6 Å². The van der Waals surface area contributed by atoms with Gasteiger partial charge in [-0.15, -0.1) is 0 Å². The number of nitrogens with zero attached hydrogens (tertiary/aromatic N) is 2. The third kappa shape index (κ3) is 5.10. The third-order valence-electron chi connectivity index (χ3n) is 4.72. The lowest BCUT2D eigenvalue weighted by molar-refractivity contribution is 0.108. The maximum atomic E-state index is 13.9. The molecule has 0 aliphatic carbocycles. The molecule has 1 atom stereocenters. The molecule has 0 aliphatic heterocycles. The van der Waals surface area contributed by atoms with Gasteiger partial charge in [-0.05, 0) is 18.6 Å². The number of hydrogen-bond acceptors (Lipinski definition) is 6. The van der Waals surface area contributed by atoms with Crippen LogP contribution in [-0.2, 0) is 6.54 Å². The molecule has 0 saturated heterocycles. The molecule has 2 heterocycles. The zero-order valence-electron chi connectivity index (χ0n) is 16.8. The van der Waals surface area contributed by atoms with Crippen molar-refractivity contribution < 1.29 is 14.2 Å². The zero-order chi connectivity index (χ0) is 22.4. The molecule has 3 N–H and O–H groups in total. The Morgan fingerprint density at radius 1 is 1.39 bits per heavy atom. The van der Waals surface area contributed by atoms with E-state index < -0.39 is 11.7 Å². The van der Waals surface area contributed by atoms with Gasteiger partial charge in [0.2, 0.25) is 5.88 Å². The van der Waals surface area contributed by atoms with Crippen molar-refractivity contribution in [3.63, 3.8) is 0 Å². The van der Waals surface area contributed by atoms with E-state index in [0.717, 1.165) is 6.21 Å². The van der Waals surface area contributed by atoms with E-state index >= 15 is 0 Å². The van der Waals surface area contributed by atoms with E-state index in [4.69, 9.17) is 21.7 Å². The van der Waals surface area contributed by atoms with E-state index in [0.29, 0.717) is 23.4 Å².